The highest BCUT2D eigenvalue weighted by Crippen LogP contribution is 2.69. The summed E-state index contributed by atoms with van der Waals surface area (Å²) < 4.78 is 5.39. The van der Waals surface area contributed by atoms with Crippen molar-refractivity contribution in [3.8, 4) is 6.07 Å². The summed E-state index contributed by atoms with van der Waals surface area (Å²) in [5, 5.41) is 20.5. The number of hydrogen-bond donors (Lipinski definition) is 1. The fourth-order valence-electron chi connectivity index (χ4n) is 9.82. The SMILES string of the molecule is COC[C@]1(O)CC[C@@]2(C)[C@@H](CC[C@@H]3[C@@H]2CC[C@]2(C)[C@@H]([C@H](C)CCCC(C)(C)C#N)CC[C@@H]32)C1. The largest absolute Gasteiger partial charge is 0.387 e. The van der Waals surface area contributed by atoms with Crippen molar-refractivity contribution in [2.45, 2.75) is 117 Å². The molecule has 0 unspecified atom stereocenters. The molecule has 4 rings (SSSR count). The summed E-state index contributed by atoms with van der Waals surface area (Å²) in [7, 11) is 1.73. The number of hydrogen-bond acceptors (Lipinski definition) is 3. The minimum absolute atomic E-state index is 0.177. The summed E-state index contributed by atoms with van der Waals surface area (Å²) in [6, 6.07) is 2.48. The molecule has 0 bridgehead atoms. The van der Waals surface area contributed by atoms with Crippen LogP contribution in [0.1, 0.15) is 112 Å². The molecule has 0 aromatic carbocycles. The second kappa shape index (κ2) is 9.13. The van der Waals surface area contributed by atoms with Crippen molar-refractivity contribution in [1.82, 2.24) is 0 Å². The van der Waals surface area contributed by atoms with Crippen LogP contribution in [0.4, 0.5) is 0 Å². The monoisotopic (exact) mass is 457 g/mol. The molecular formula is C30H51NO2. The number of nitrogens with zero attached hydrogens (tertiary/aromatic N) is 1. The van der Waals surface area contributed by atoms with E-state index >= 15 is 0 Å². The second-order valence-electron chi connectivity index (χ2n) is 14.1. The van der Waals surface area contributed by atoms with Crippen LogP contribution in [0, 0.1) is 63.1 Å². The summed E-state index contributed by atoms with van der Waals surface area (Å²) in [6.45, 7) is 12.4. The van der Waals surface area contributed by atoms with Crippen LogP contribution in [0.5, 0.6) is 0 Å². The van der Waals surface area contributed by atoms with Crippen LogP contribution in [0.2, 0.25) is 0 Å². The summed E-state index contributed by atoms with van der Waals surface area (Å²) in [5.41, 5.74) is 0.156. The lowest BCUT2D eigenvalue weighted by atomic mass is 9.43. The Morgan fingerprint density at radius 2 is 1.76 bits per heavy atom. The third-order valence-corrected chi connectivity index (χ3v) is 11.8. The highest BCUT2D eigenvalue weighted by Gasteiger charge is 2.61. The molecule has 0 aromatic rings. The van der Waals surface area contributed by atoms with Gasteiger partial charge in [-0.15, -0.1) is 0 Å². The first kappa shape index (κ1) is 25.5. The summed E-state index contributed by atoms with van der Waals surface area (Å²) in [4.78, 5) is 0. The van der Waals surface area contributed by atoms with Gasteiger partial charge in [-0.05, 0) is 124 Å². The molecule has 9 atom stereocenters. The molecule has 4 saturated carbocycles. The average molecular weight is 458 g/mol. The van der Waals surface area contributed by atoms with Gasteiger partial charge in [0.15, 0.2) is 0 Å². The number of fused-ring (bicyclic) bond motifs is 5. The van der Waals surface area contributed by atoms with Crippen LogP contribution >= 0.6 is 0 Å². The summed E-state index contributed by atoms with van der Waals surface area (Å²) in [6.07, 6.45) is 14.9. The molecule has 0 radical (unpaired) electrons. The Balaban J connectivity index is 1.43. The molecule has 0 aromatic heterocycles. The predicted molar refractivity (Wildman–Crippen MR) is 134 cm³/mol. The van der Waals surface area contributed by atoms with E-state index in [1.165, 1.54) is 57.8 Å². The van der Waals surface area contributed by atoms with Crippen LogP contribution in [-0.4, -0.2) is 24.4 Å². The molecular weight excluding hydrogens is 406 g/mol. The zero-order chi connectivity index (χ0) is 24.1. The molecule has 4 aliphatic rings. The number of nitriles is 1. The predicted octanol–water partition coefficient (Wildman–Crippen LogP) is 7.38. The quantitative estimate of drug-likeness (QED) is 0.434. The minimum atomic E-state index is -0.594. The molecule has 0 aliphatic heterocycles. The van der Waals surface area contributed by atoms with E-state index in [4.69, 9.17) is 4.74 Å². The van der Waals surface area contributed by atoms with Crippen molar-refractivity contribution in [3.05, 3.63) is 0 Å². The molecule has 3 nitrogen and oxygen atoms in total. The van der Waals surface area contributed by atoms with Gasteiger partial charge in [0, 0.05) is 7.11 Å². The van der Waals surface area contributed by atoms with Crippen LogP contribution < -0.4 is 0 Å². The van der Waals surface area contributed by atoms with Crippen molar-refractivity contribution in [3.63, 3.8) is 0 Å². The fraction of sp³-hybridized carbons (Fsp3) is 0.967. The number of ether oxygens (including phenoxy) is 1. The van der Waals surface area contributed by atoms with Crippen molar-refractivity contribution < 1.29 is 9.84 Å². The molecule has 0 amide bonds. The van der Waals surface area contributed by atoms with E-state index in [2.05, 4.69) is 40.7 Å². The van der Waals surface area contributed by atoms with Crippen LogP contribution in [-0.2, 0) is 4.74 Å². The molecule has 3 heteroatoms. The third-order valence-electron chi connectivity index (χ3n) is 11.8. The van der Waals surface area contributed by atoms with Crippen LogP contribution in [0.3, 0.4) is 0 Å². The van der Waals surface area contributed by atoms with Gasteiger partial charge in [0.05, 0.1) is 23.7 Å². The molecule has 4 aliphatic carbocycles. The molecule has 1 N–H and O–H groups in total. The Hall–Kier alpha value is -0.590. The maximum Gasteiger partial charge on any atom is 0.0883 e. The first-order valence-corrected chi connectivity index (χ1v) is 14.1. The maximum atomic E-state index is 11.1. The Labute approximate surface area is 204 Å². The van der Waals surface area contributed by atoms with E-state index in [1.54, 1.807) is 7.11 Å². The highest BCUT2D eigenvalue weighted by atomic mass is 16.5. The Bertz CT molecular complexity index is 742. The first-order valence-electron chi connectivity index (χ1n) is 14.1. The lowest BCUT2D eigenvalue weighted by Gasteiger charge is -2.62. The van der Waals surface area contributed by atoms with Crippen molar-refractivity contribution >= 4 is 0 Å². The topological polar surface area (TPSA) is 53.2 Å². The van der Waals surface area contributed by atoms with Gasteiger partial charge in [0.1, 0.15) is 0 Å². The van der Waals surface area contributed by atoms with Crippen LogP contribution in [0.15, 0.2) is 0 Å². The van der Waals surface area contributed by atoms with Gasteiger partial charge in [-0.2, -0.15) is 5.26 Å². The molecule has 0 saturated heterocycles. The Kier molecular flexibility index (Phi) is 7.05. The number of rotatable bonds is 7. The molecule has 4 fully saturated rings. The van der Waals surface area contributed by atoms with Gasteiger partial charge in [-0.3, -0.25) is 0 Å². The van der Waals surface area contributed by atoms with Gasteiger partial charge in [-0.25, -0.2) is 0 Å². The fourth-order valence-corrected chi connectivity index (χ4v) is 9.82. The lowest BCUT2D eigenvalue weighted by molar-refractivity contribution is -0.163. The average Bonchev–Trinajstić information content (AvgIpc) is 3.11. The van der Waals surface area contributed by atoms with Gasteiger partial charge in [-0.1, -0.05) is 33.6 Å². The van der Waals surface area contributed by atoms with Crippen molar-refractivity contribution in [2.75, 3.05) is 13.7 Å². The van der Waals surface area contributed by atoms with Gasteiger partial charge in [0.25, 0.3) is 0 Å². The van der Waals surface area contributed by atoms with Gasteiger partial charge < -0.3 is 9.84 Å². The molecule has 0 heterocycles. The lowest BCUT2D eigenvalue weighted by Crippen LogP contribution is -2.56. The smallest absolute Gasteiger partial charge is 0.0883 e. The Morgan fingerprint density at radius 3 is 2.45 bits per heavy atom. The van der Waals surface area contributed by atoms with Crippen molar-refractivity contribution in [2.24, 2.45) is 51.8 Å². The minimum Gasteiger partial charge on any atom is -0.387 e. The molecule has 33 heavy (non-hydrogen) atoms. The third kappa shape index (κ3) is 4.53. The van der Waals surface area contributed by atoms with E-state index in [9.17, 15) is 10.4 Å². The highest BCUT2D eigenvalue weighted by molar-refractivity contribution is 5.11. The second-order valence-corrected chi connectivity index (χ2v) is 14.1. The zero-order valence-electron chi connectivity index (χ0n) is 22.5. The summed E-state index contributed by atoms with van der Waals surface area (Å²) >= 11 is 0. The van der Waals surface area contributed by atoms with E-state index in [-0.39, 0.29) is 5.41 Å². The van der Waals surface area contributed by atoms with Crippen molar-refractivity contribution in [1.29, 1.82) is 5.26 Å². The van der Waals surface area contributed by atoms with E-state index in [1.807, 2.05) is 0 Å². The van der Waals surface area contributed by atoms with Crippen LogP contribution in [0.25, 0.3) is 0 Å². The molecule has 188 valence electrons. The number of methoxy groups -OCH3 is 1. The first-order chi connectivity index (χ1) is 15.5. The van der Waals surface area contributed by atoms with E-state index < -0.39 is 5.60 Å². The number of aliphatic hydroxyl groups is 1. The standard InChI is InChI=1S/C30H51NO2/c1-21(8-7-14-27(2,3)19-31)24-11-12-25-23-10-9-22-18-30(32,20-33-6)17-16-28(22,4)26(23)13-15-29(24,25)5/h21-26,32H,7-18,20H2,1-6H3/t21-,22+,23+,24-,25+,26+,28+,29-,30+/m1/s1. The van der Waals surface area contributed by atoms with E-state index in [0.717, 1.165) is 48.9 Å². The van der Waals surface area contributed by atoms with Gasteiger partial charge >= 0.3 is 0 Å². The summed E-state index contributed by atoms with van der Waals surface area (Å²) in [5.74, 6) is 4.95. The normalized spacial score (nSPS) is 46.1. The Morgan fingerprint density at radius 1 is 1.03 bits per heavy atom. The maximum absolute atomic E-state index is 11.1. The zero-order valence-corrected chi connectivity index (χ0v) is 22.5. The van der Waals surface area contributed by atoms with Gasteiger partial charge in [0.2, 0.25) is 0 Å². The van der Waals surface area contributed by atoms with E-state index in [0.29, 0.717) is 23.4 Å². The molecule has 0 spiro atoms.